The average Bonchev–Trinajstić information content (AvgIpc) is 3.13. The molecule has 2 saturated heterocycles. The van der Waals surface area contributed by atoms with Crippen LogP contribution in [0.3, 0.4) is 0 Å². The van der Waals surface area contributed by atoms with Crippen LogP contribution in [-0.2, 0) is 9.47 Å². The summed E-state index contributed by atoms with van der Waals surface area (Å²) in [6.45, 7) is 2.61. The van der Waals surface area contributed by atoms with Crippen molar-refractivity contribution in [3.8, 4) is 22.8 Å². The highest BCUT2D eigenvalue weighted by atomic mass is 16.7. The van der Waals surface area contributed by atoms with Crippen LogP contribution in [0.5, 0.6) is 11.5 Å². The third-order valence-corrected chi connectivity index (χ3v) is 6.06. The number of ether oxygens (including phenoxy) is 4. The third kappa shape index (κ3) is 3.41. The summed E-state index contributed by atoms with van der Waals surface area (Å²) in [7, 11) is 0. The lowest BCUT2D eigenvalue weighted by Gasteiger charge is -2.18. The van der Waals surface area contributed by atoms with Crippen molar-refractivity contribution < 1.29 is 18.9 Å². The van der Waals surface area contributed by atoms with Crippen LogP contribution < -0.4 is 20.1 Å². The maximum Gasteiger partial charge on any atom is 0.231 e. The largest absolute Gasteiger partial charge is 0.454 e. The number of hydrogen-bond donors (Lipinski definition) is 2. The number of anilines is 1. The number of nitrogens with one attached hydrogen (secondary N) is 2. The van der Waals surface area contributed by atoms with Crippen molar-refractivity contribution in [2.75, 3.05) is 31.9 Å². The van der Waals surface area contributed by atoms with E-state index in [1.54, 1.807) is 6.20 Å². The lowest BCUT2D eigenvalue weighted by molar-refractivity contribution is 0.0675. The zero-order valence-electron chi connectivity index (χ0n) is 16.0. The summed E-state index contributed by atoms with van der Waals surface area (Å²) in [5.74, 6) is 2.93. The summed E-state index contributed by atoms with van der Waals surface area (Å²) in [6.07, 6.45) is 4.55. The average molecular weight is 396 g/mol. The fraction of sp³-hybridized carbons (Fsp3) is 0.524. The molecule has 0 radical (unpaired) electrons. The minimum atomic E-state index is 0.0181. The second kappa shape index (κ2) is 7.12. The molecule has 1 aliphatic carbocycles. The Balaban J connectivity index is 1.14. The van der Waals surface area contributed by atoms with E-state index >= 15 is 0 Å². The molecule has 8 nitrogen and oxygen atoms in total. The molecule has 1 saturated carbocycles. The molecule has 3 fully saturated rings. The highest BCUT2D eigenvalue weighted by molar-refractivity contribution is 5.65. The zero-order valence-corrected chi connectivity index (χ0v) is 16.0. The number of hydrogen-bond acceptors (Lipinski definition) is 8. The quantitative estimate of drug-likeness (QED) is 0.765. The van der Waals surface area contributed by atoms with E-state index in [0.29, 0.717) is 19.2 Å². The van der Waals surface area contributed by atoms with Crippen LogP contribution in [0.2, 0.25) is 0 Å². The van der Waals surface area contributed by atoms with Gasteiger partial charge in [-0.1, -0.05) is 0 Å². The predicted molar refractivity (Wildman–Crippen MR) is 105 cm³/mol. The van der Waals surface area contributed by atoms with Gasteiger partial charge < -0.3 is 29.6 Å². The number of benzene rings is 1. The molecule has 6 rings (SSSR count). The Morgan fingerprint density at radius 1 is 0.966 bits per heavy atom. The molecule has 4 unspecified atom stereocenters. The van der Waals surface area contributed by atoms with Gasteiger partial charge in [-0.2, -0.15) is 0 Å². The summed E-state index contributed by atoms with van der Waals surface area (Å²) < 4.78 is 23.0. The Morgan fingerprint density at radius 3 is 2.69 bits per heavy atom. The van der Waals surface area contributed by atoms with Crippen LogP contribution in [-0.4, -0.2) is 60.8 Å². The molecule has 8 heteroatoms. The maximum atomic E-state index is 6.06. The Labute approximate surface area is 168 Å². The van der Waals surface area contributed by atoms with Crippen LogP contribution in [0.25, 0.3) is 11.3 Å². The molecule has 1 aromatic carbocycles. The van der Waals surface area contributed by atoms with Gasteiger partial charge in [-0.3, -0.25) is 0 Å². The van der Waals surface area contributed by atoms with Gasteiger partial charge in [0.25, 0.3) is 0 Å². The molecule has 0 bridgehead atoms. The molecule has 3 aliphatic heterocycles. The first-order chi connectivity index (χ1) is 14.3. The maximum absolute atomic E-state index is 6.06. The monoisotopic (exact) mass is 396 g/mol. The lowest BCUT2D eigenvalue weighted by Crippen LogP contribution is -2.42. The van der Waals surface area contributed by atoms with Crippen LogP contribution in [0.1, 0.15) is 12.8 Å². The van der Waals surface area contributed by atoms with Crippen LogP contribution in [0.15, 0.2) is 30.5 Å². The minimum Gasteiger partial charge on any atom is -0.454 e. The lowest BCUT2D eigenvalue weighted by atomic mass is 10.1. The van der Waals surface area contributed by atoms with Gasteiger partial charge in [0.1, 0.15) is 12.2 Å². The van der Waals surface area contributed by atoms with E-state index in [9.17, 15) is 0 Å². The number of rotatable bonds is 6. The normalized spacial score (nSPS) is 29.8. The van der Waals surface area contributed by atoms with Crippen molar-refractivity contribution in [2.24, 2.45) is 5.92 Å². The van der Waals surface area contributed by atoms with E-state index in [-0.39, 0.29) is 31.1 Å². The topological polar surface area (TPSA) is 86.8 Å². The van der Waals surface area contributed by atoms with Crippen LogP contribution in [0, 0.1) is 5.92 Å². The van der Waals surface area contributed by atoms with Crippen molar-refractivity contribution in [2.45, 2.75) is 37.1 Å². The van der Waals surface area contributed by atoms with Crippen LogP contribution >= 0.6 is 0 Å². The highest BCUT2D eigenvalue weighted by Gasteiger charge is 2.48. The van der Waals surface area contributed by atoms with E-state index in [1.807, 2.05) is 24.3 Å². The Morgan fingerprint density at radius 2 is 1.79 bits per heavy atom. The van der Waals surface area contributed by atoms with Crippen molar-refractivity contribution in [1.82, 2.24) is 15.3 Å². The van der Waals surface area contributed by atoms with Gasteiger partial charge >= 0.3 is 0 Å². The van der Waals surface area contributed by atoms with E-state index < -0.39 is 0 Å². The van der Waals surface area contributed by atoms with Gasteiger partial charge in [0.15, 0.2) is 11.5 Å². The smallest absolute Gasteiger partial charge is 0.231 e. The third-order valence-electron chi connectivity index (χ3n) is 6.06. The van der Waals surface area contributed by atoms with Gasteiger partial charge in [0.05, 0.1) is 31.0 Å². The SMILES string of the molecule is c1cc(-c2ccc3c(c2)OCO3)nc(NC2COC3C(NCC4CC4)COC23)n1. The summed E-state index contributed by atoms with van der Waals surface area (Å²) in [4.78, 5) is 9.08. The molecule has 4 atom stereocenters. The second-order valence-electron chi connectivity index (χ2n) is 8.14. The molecule has 2 N–H and O–H groups in total. The highest BCUT2D eigenvalue weighted by Crippen LogP contribution is 2.36. The molecule has 152 valence electrons. The van der Waals surface area contributed by atoms with Gasteiger partial charge in [-0.15, -0.1) is 0 Å². The van der Waals surface area contributed by atoms with Crippen molar-refractivity contribution in [1.29, 1.82) is 0 Å². The first-order valence-corrected chi connectivity index (χ1v) is 10.3. The van der Waals surface area contributed by atoms with Gasteiger partial charge in [0, 0.05) is 11.8 Å². The molecule has 1 aromatic heterocycles. The van der Waals surface area contributed by atoms with Crippen molar-refractivity contribution >= 4 is 5.95 Å². The van der Waals surface area contributed by atoms with Gasteiger partial charge in [-0.05, 0) is 49.6 Å². The van der Waals surface area contributed by atoms with Gasteiger partial charge in [0.2, 0.25) is 12.7 Å². The summed E-state index contributed by atoms with van der Waals surface area (Å²) in [5, 5.41) is 7.04. The molecular weight excluding hydrogens is 372 g/mol. The second-order valence-corrected chi connectivity index (χ2v) is 8.14. The summed E-state index contributed by atoms with van der Waals surface area (Å²) >= 11 is 0. The standard InChI is InChI=1S/C21H24N4O4/c1-2-12(1)8-23-15-9-26-20-16(10-27-19(15)20)25-21-22-6-5-14(24-21)13-3-4-17-18(7-13)29-11-28-17/h3-7,12,15-16,19-20,23H,1-2,8-11H2,(H,22,24,25). The molecule has 4 heterocycles. The molecule has 0 spiro atoms. The minimum absolute atomic E-state index is 0.0181. The van der Waals surface area contributed by atoms with Crippen molar-refractivity contribution in [3.05, 3.63) is 30.5 Å². The Hall–Kier alpha value is -2.42. The fourth-order valence-electron chi connectivity index (χ4n) is 4.25. The first-order valence-electron chi connectivity index (χ1n) is 10.3. The predicted octanol–water partition coefficient (Wildman–Crippen LogP) is 1.82. The van der Waals surface area contributed by atoms with E-state index in [1.165, 1.54) is 12.8 Å². The Bertz CT molecular complexity index is 906. The first kappa shape index (κ1) is 17.4. The fourth-order valence-corrected chi connectivity index (χ4v) is 4.25. The molecule has 2 aromatic rings. The number of aromatic nitrogens is 2. The zero-order chi connectivity index (χ0) is 19.2. The summed E-state index contributed by atoms with van der Waals surface area (Å²) in [5.41, 5.74) is 1.79. The molecular formula is C21H24N4O4. The van der Waals surface area contributed by atoms with E-state index in [2.05, 4.69) is 20.6 Å². The van der Waals surface area contributed by atoms with E-state index in [0.717, 1.165) is 35.2 Å². The van der Waals surface area contributed by atoms with E-state index in [4.69, 9.17) is 18.9 Å². The van der Waals surface area contributed by atoms with Crippen molar-refractivity contribution in [3.63, 3.8) is 0 Å². The number of fused-ring (bicyclic) bond motifs is 2. The molecule has 0 amide bonds. The Kier molecular flexibility index (Phi) is 4.28. The van der Waals surface area contributed by atoms with Gasteiger partial charge in [-0.25, -0.2) is 9.97 Å². The molecule has 29 heavy (non-hydrogen) atoms. The summed E-state index contributed by atoms with van der Waals surface area (Å²) in [6, 6.07) is 8.03. The van der Waals surface area contributed by atoms with Crippen LogP contribution in [0.4, 0.5) is 5.95 Å². The number of nitrogens with zero attached hydrogens (tertiary/aromatic N) is 2. The molecule has 4 aliphatic rings.